The van der Waals surface area contributed by atoms with Crippen molar-refractivity contribution in [2.24, 2.45) is 5.73 Å². The summed E-state index contributed by atoms with van der Waals surface area (Å²) in [5.41, 5.74) is 9.58. The van der Waals surface area contributed by atoms with Gasteiger partial charge in [0.1, 0.15) is 5.82 Å². The molecule has 0 spiro atoms. The van der Waals surface area contributed by atoms with E-state index < -0.39 is 6.04 Å². The van der Waals surface area contributed by atoms with Gasteiger partial charge in [-0.15, -0.1) is 30.1 Å². The summed E-state index contributed by atoms with van der Waals surface area (Å²) in [5.74, 6) is 2.44. The number of allylic oxidation sites excluding steroid dienone is 1. The van der Waals surface area contributed by atoms with E-state index in [1.165, 1.54) is 6.21 Å². The molecule has 1 aromatic carbocycles. The molecule has 0 radical (unpaired) electrons. The first-order chi connectivity index (χ1) is 19.8. The lowest BCUT2D eigenvalue weighted by molar-refractivity contribution is 0.105. The van der Waals surface area contributed by atoms with Gasteiger partial charge in [0.15, 0.2) is 5.82 Å². The van der Waals surface area contributed by atoms with Gasteiger partial charge < -0.3 is 36.7 Å². The summed E-state index contributed by atoms with van der Waals surface area (Å²) in [6, 6.07) is 8.88. The summed E-state index contributed by atoms with van der Waals surface area (Å²) in [7, 11) is 1.77. The van der Waals surface area contributed by atoms with E-state index in [4.69, 9.17) is 25.8 Å². The highest BCUT2D eigenvalue weighted by molar-refractivity contribution is 8.22. The summed E-state index contributed by atoms with van der Waals surface area (Å²) in [4.78, 5) is 24.8. The number of carbonyl (C=O) groups is 1. The lowest BCUT2D eigenvalue weighted by Crippen LogP contribution is -2.45. The fourth-order valence-corrected chi connectivity index (χ4v) is 7.10. The summed E-state index contributed by atoms with van der Waals surface area (Å²) < 4.78 is 6.71. The number of amides is 2. The molecule has 1 aromatic heterocycles. The van der Waals surface area contributed by atoms with Crippen LogP contribution in [0.3, 0.4) is 0 Å². The number of anilines is 2. The molecule has 2 heterocycles. The van der Waals surface area contributed by atoms with Crippen LogP contribution >= 0.6 is 23.5 Å². The fraction of sp³-hybridized carbons (Fsp3) is 0.448. The number of nitrogens with zero attached hydrogens (tertiary/aromatic N) is 3. The van der Waals surface area contributed by atoms with Crippen LogP contribution in [0.1, 0.15) is 32.4 Å². The van der Waals surface area contributed by atoms with Crippen LogP contribution < -0.4 is 26.6 Å². The molecule has 10 nitrogen and oxygen atoms in total. The topological polar surface area (TPSA) is 141 Å². The SMILES string of the molecule is C=CC1COCCN1c1cc(C2(SC(SCC)=C(C)N)CC2)nc(-c2ccc(NC(=O)NC(C=N)CNC)cc2)n1. The zero-order valence-corrected chi connectivity index (χ0v) is 25.5. The number of benzene rings is 1. The third-order valence-electron chi connectivity index (χ3n) is 6.84. The van der Waals surface area contributed by atoms with E-state index >= 15 is 0 Å². The number of thioether (sulfide) groups is 2. The van der Waals surface area contributed by atoms with Gasteiger partial charge in [0.25, 0.3) is 0 Å². The zero-order valence-electron chi connectivity index (χ0n) is 23.9. The van der Waals surface area contributed by atoms with Gasteiger partial charge in [-0.05, 0) is 56.8 Å². The molecule has 2 aromatic rings. The molecule has 2 atom stereocenters. The van der Waals surface area contributed by atoms with Crippen LogP contribution in [0.15, 0.2) is 52.9 Å². The number of hydrogen-bond donors (Lipinski definition) is 5. The summed E-state index contributed by atoms with van der Waals surface area (Å²) in [6.45, 7) is 10.5. The average molecular weight is 597 g/mol. The first-order valence-electron chi connectivity index (χ1n) is 13.8. The molecule has 41 heavy (non-hydrogen) atoms. The van der Waals surface area contributed by atoms with Crippen molar-refractivity contribution in [2.75, 3.05) is 49.3 Å². The maximum atomic E-state index is 12.4. The summed E-state index contributed by atoms with van der Waals surface area (Å²) >= 11 is 3.59. The highest BCUT2D eigenvalue weighted by Crippen LogP contribution is 2.61. The second-order valence-electron chi connectivity index (χ2n) is 10.0. The van der Waals surface area contributed by atoms with Crippen LogP contribution in [0.5, 0.6) is 0 Å². The van der Waals surface area contributed by atoms with E-state index in [-0.39, 0.29) is 16.8 Å². The zero-order chi connectivity index (χ0) is 29.4. The molecule has 6 N–H and O–H groups in total. The van der Waals surface area contributed by atoms with Gasteiger partial charge in [-0.25, -0.2) is 14.8 Å². The Labute approximate surface area is 250 Å². The molecule has 1 saturated carbocycles. The highest BCUT2D eigenvalue weighted by atomic mass is 32.2. The maximum absolute atomic E-state index is 12.4. The van der Waals surface area contributed by atoms with Crippen molar-refractivity contribution in [1.29, 1.82) is 5.41 Å². The lowest BCUT2D eigenvalue weighted by atomic mass is 10.1. The minimum atomic E-state index is -0.393. The molecule has 12 heteroatoms. The Morgan fingerprint density at radius 3 is 2.71 bits per heavy atom. The van der Waals surface area contributed by atoms with Gasteiger partial charge in [-0.2, -0.15) is 0 Å². The molecule has 2 unspecified atom stereocenters. The van der Waals surface area contributed by atoms with E-state index in [1.54, 1.807) is 18.8 Å². The number of hydrogen-bond acceptors (Lipinski definition) is 10. The third-order valence-corrected chi connectivity index (χ3v) is 9.84. The molecule has 1 aliphatic heterocycles. The number of likely N-dealkylation sites (N-methyl/N-ethyl adjacent to an activating group) is 1. The van der Waals surface area contributed by atoms with E-state index in [1.807, 2.05) is 49.0 Å². The molecule has 4 rings (SSSR count). The Morgan fingerprint density at radius 1 is 1.34 bits per heavy atom. The third kappa shape index (κ3) is 7.82. The second-order valence-corrected chi connectivity index (χ2v) is 12.9. The monoisotopic (exact) mass is 596 g/mol. The minimum Gasteiger partial charge on any atom is -0.401 e. The number of nitrogens with one attached hydrogen (secondary N) is 4. The van der Waals surface area contributed by atoms with E-state index in [9.17, 15) is 4.79 Å². The van der Waals surface area contributed by atoms with Gasteiger partial charge in [-0.1, -0.05) is 13.0 Å². The van der Waals surface area contributed by atoms with Crippen LogP contribution in [0, 0.1) is 5.41 Å². The minimum absolute atomic E-state index is 0.0253. The first kappa shape index (κ1) is 30.9. The van der Waals surface area contributed by atoms with Gasteiger partial charge in [-0.3, -0.25) is 0 Å². The molecule has 2 fully saturated rings. The molecular formula is C29H40N8O2S2. The number of ether oxygens (including phenoxy) is 1. The quantitative estimate of drug-likeness (QED) is 0.167. The predicted molar refractivity (Wildman–Crippen MR) is 172 cm³/mol. The molecule has 2 amide bonds. The molecule has 220 valence electrons. The standard InChI is InChI=1S/C29H40N8O2S2/c1-5-23-18-39-14-13-37(23)25-15-24(29(11-12-29)41-27(19(3)31)40-6-2)35-26(36-25)20-7-9-21(10-8-20)33-28(38)34-22(16-30)17-32-4/h5,7-10,15-16,22-23,30,32H,1,6,11-14,17-18,31H2,2-4H3,(H2,33,34,38). The molecular weight excluding hydrogens is 557 g/mol. The number of morpholine rings is 1. The first-order valence-corrected chi connectivity index (χ1v) is 15.6. The van der Waals surface area contributed by atoms with Crippen molar-refractivity contribution in [1.82, 2.24) is 20.6 Å². The Morgan fingerprint density at radius 2 is 2.10 bits per heavy atom. The molecule has 1 saturated heterocycles. The molecule has 0 bridgehead atoms. The van der Waals surface area contributed by atoms with Gasteiger partial charge in [0.2, 0.25) is 0 Å². The smallest absolute Gasteiger partial charge is 0.319 e. The van der Waals surface area contributed by atoms with Gasteiger partial charge in [0.05, 0.1) is 40.0 Å². The number of rotatable bonds is 13. The number of aromatic nitrogens is 2. The van der Waals surface area contributed by atoms with Crippen molar-refractivity contribution in [3.63, 3.8) is 0 Å². The van der Waals surface area contributed by atoms with E-state index in [2.05, 4.69) is 40.4 Å². The van der Waals surface area contributed by atoms with E-state index in [0.717, 1.165) is 45.6 Å². The van der Waals surface area contributed by atoms with Crippen molar-refractivity contribution < 1.29 is 9.53 Å². The molecule has 2 aliphatic rings. The lowest BCUT2D eigenvalue weighted by Gasteiger charge is -2.35. The summed E-state index contributed by atoms with van der Waals surface area (Å²) in [6.07, 6.45) is 5.14. The Hall–Kier alpha value is -3.06. The summed E-state index contributed by atoms with van der Waals surface area (Å²) in [5, 5.41) is 16.0. The second kappa shape index (κ2) is 14.2. The number of nitrogens with two attached hydrogens (primary N) is 1. The average Bonchev–Trinajstić information content (AvgIpc) is 3.77. The van der Waals surface area contributed by atoms with Crippen LogP contribution in [-0.4, -0.2) is 73.4 Å². The Kier molecular flexibility index (Phi) is 10.7. The molecule has 1 aliphatic carbocycles. The Bertz CT molecular complexity index is 1260. The number of urea groups is 1. The van der Waals surface area contributed by atoms with Crippen LogP contribution in [0.2, 0.25) is 0 Å². The van der Waals surface area contributed by atoms with Crippen LogP contribution in [0.4, 0.5) is 16.3 Å². The predicted octanol–water partition coefficient (Wildman–Crippen LogP) is 4.52. The largest absolute Gasteiger partial charge is 0.401 e. The van der Waals surface area contributed by atoms with Crippen molar-refractivity contribution in [2.45, 2.75) is 43.5 Å². The van der Waals surface area contributed by atoms with E-state index in [0.29, 0.717) is 37.8 Å². The normalized spacial score (nSPS) is 19.1. The van der Waals surface area contributed by atoms with Crippen molar-refractivity contribution in [3.8, 4) is 11.4 Å². The van der Waals surface area contributed by atoms with Gasteiger partial charge >= 0.3 is 6.03 Å². The highest BCUT2D eigenvalue weighted by Gasteiger charge is 2.48. The van der Waals surface area contributed by atoms with Crippen LogP contribution in [0.25, 0.3) is 11.4 Å². The van der Waals surface area contributed by atoms with Crippen molar-refractivity contribution >= 4 is 47.3 Å². The Balaban J connectivity index is 1.64. The fourth-order valence-electron chi connectivity index (χ4n) is 4.51. The number of carbonyl (C=O) groups excluding carboxylic acids is 1. The van der Waals surface area contributed by atoms with Crippen molar-refractivity contribution in [3.05, 3.63) is 58.6 Å². The van der Waals surface area contributed by atoms with Crippen LogP contribution in [-0.2, 0) is 9.48 Å². The maximum Gasteiger partial charge on any atom is 0.319 e. The van der Waals surface area contributed by atoms with Gasteiger partial charge in [0, 0.05) is 42.3 Å².